The first-order valence-electron chi connectivity index (χ1n) is 8.75. The van der Waals surface area contributed by atoms with Crippen LogP contribution in [0.3, 0.4) is 0 Å². The Morgan fingerprint density at radius 2 is 2.19 bits per heavy atom. The first-order chi connectivity index (χ1) is 10.3. The fourth-order valence-corrected chi connectivity index (χ4v) is 4.31. The summed E-state index contributed by atoms with van der Waals surface area (Å²) in [6, 6.07) is 7.18. The van der Waals surface area contributed by atoms with Crippen LogP contribution in [0.25, 0.3) is 0 Å². The first-order valence-corrected chi connectivity index (χ1v) is 8.75. The van der Waals surface area contributed by atoms with Crippen LogP contribution in [0.1, 0.15) is 62.6 Å². The fourth-order valence-electron chi connectivity index (χ4n) is 4.31. The molecule has 2 aliphatic rings. The smallest absolute Gasteiger partial charge is 0.127 e. The molecule has 2 nitrogen and oxygen atoms in total. The maximum Gasteiger partial charge on any atom is 0.127 e. The SMILES string of the molecule is CCC1CCCC(C(NC)c2cccc3c2OCCC3)C1. The highest BCUT2D eigenvalue weighted by atomic mass is 16.5. The Bertz CT molecular complexity index is 471. The van der Waals surface area contributed by atoms with E-state index in [2.05, 4.69) is 37.5 Å². The van der Waals surface area contributed by atoms with Crippen LogP contribution in [0.15, 0.2) is 18.2 Å². The molecule has 0 amide bonds. The van der Waals surface area contributed by atoms with Gasteiger partial charge in [-0.25, -0.2) is 0 Å². The minimum atomic E-state index is 0.451. The van der Waals surface area contributed by atoms with Gasteiger partial charge in [0, 0.05) is 11.6 Å². The topological polar surface area (TPSA) is 21.3 Å². The Morgan fingerprint density at radius 1 is 1.29 bits per heavy atom. The van der Waals surface area contributed by atoms with Crippen LogP contribution < -0.4 is 10.1 Å². The van der Waals surface area contributed by atoms with Gasteiger partial charge in [-0.3, -0.25) is 0 Å². The van der Waals surface area contributed by atoms with Gasteiger partial charge in [0.05, 0.1) is 6.61 Å². The lowest BCUT2D eigenvalue weighted by Gasteiger charge is -2.36. The Hall–Kier alpha value is -1.02. The summed E-state index contributed by atoms with van der Waals surface area (Å²) in [5.74, 6) is 2.85. The van der Waals surface area contributed by atoms with Gasteiger partial charge in [0.25, 0.3) is 0 Å². The van der Waals surface area contributed by atoms with Crippen molar-refractivity contribution < 1.29 is 4.74 Å². The molecule has 21 heavy (non-hydrogen) atoms. The number of hydrogen-bond acceptors (Lipinski definition) is 2. The van der Waals surface area contributed by atoms with Crippen molar-refractivity contribution in [2.24, 2.45) is 11.8 Å². The van der Waals surface area contributed by atoms with Gasteiger partial charge in [0.2, 0.25) is 0 Å². The van der Waals surface area contributed by atoms with Crippen LogP contribution in [0.4, 0.5) is 0 Å². The fraction of sp³-hybridized carbons (Fsp3) is 0.684. The number of rotatable bonds is 4. The summed E-state index contributed by atoms with van der Waals surface area (Å²) in [7, 11) is 2.11. The molecule has 116 valence electrons. The van der Waals surface area contributed by atoms with E-state index in [9.17, 15) is 0 Å². The van der Waals surface area contributed by atoms with Gasteiger partial charge in [-0.05, 0) is 50.1 Å². The van der Waals surface area contributed by atoms with E-state index in [4.69, 9.17) is 4.74 Å². The molecule has 2 heteroatoms. The molecule has 1 heterocycles. The highest BCUT2D eigenvalue weighted by molar-refractivity contribution is 5.44. The average Bonchev–Trinajstić information content (AvgIpc) is 2.56. The van der Waals surface area contributed by atoms with Crippen molar-refractivity contribution in [3.63, 3.8) is 0 Å². The van der Waals surface area contributed by atoms with Crippen molar-refractivity contribution in [3.8, 4) is 5.75 Å². The van der Waals surface area contributed by atoms with E-state index >= 15 is 0 Å². The van der Waals surface area contributed by atoms with Gasteiger partial charge < -0.3 is 10.1 Å². The first kappa shape index (κ1) is 14.9. The Kier molecular flexibility index (Phi) is 4.84. The van der Waals surface area contributed by atoms with Gasteiger partial charge >= 0.3 is 0 Å². The summed E-state index contributed by atoms with van der Waals surface area (Å²) in [5.41, 5.74) is 2.80. The molecular formula is C19H29NO. The van der Waals surface area contributed by atoms with Gasteiger partial charge in [-0.2, -0.15) is 0 Å². The number of hydrogen-bond donors (Lipinski definition) is 1. The quantitative estimate of drug-likeness (QED) is 0.881. The van der Waals surface area contributed by atoms with E-state index in [0.717, 1.165) is 24.9 Å². The molecule has 0 saturated heterocycles. The highest BCUT2D eigenvalue weighted by Crippen LogP contribution is 2.42. The summed E-state index contributed by atoms with van der Waals surface area (Å²) < 4.78 is 6.04. The Balaban J connectivity index is 1.86. The second-order valence-corrected chi connectivity index (χ2v) is 6.75. The molecule has 0 radical (unpaired) electrons. The molecule has 1 aliphatic carbocycles. The highest BCUT2D eigenvalue weighted by Gasteiger charge is 2.30. The van der Waals surface area contributed by atoms with Crippen molar-refractivity contribution in [2.45, 2.75) is 57.9 Å². The zero-order valence-electron chi connectivity index (χ0n) is 13.5. The van der Waals surface area contributed by atoms with Crippen LogP contribution in [-0.4, -0.2) is 13.7 Å². The predicted octanol–water partition coefficient (Wildman–Crippen LogP) is 4.49. The molecule has 3 atom stereocenters. The zero-order chi connectivity index (χ0) is 14.7. The van der Waals surface area contributed by atoms with Crippen molar-refractivity contribution in [3.05, 3.63) is 29.3 Å². The summed E-state index contributed by atoms with van der Waals surface area (Å²) in [4.78, 5) is 0. The summed E-state index contributed by atoms with van der Waals surface area (Å²) >= 11 is 0. The summed E-state index contributed by atoms with van der Waals surface area (Å²) in [6.45, 7) is 3.22. The zero-order valence-corrected chi connectivity index (χ0v) is 13.5. The number of fused-ring (bicyclic) bond motifs is 1. The van der Waals surface area contributed by atoms with Crippen LogP contribution in [0, 0.1) is 11.8 Å². The van der Waals surface area contributed by atoms with Crippen LogP contribution in [-0.2, 0) is 6.42 Å². The third kappa shape index (κ3) is 3.11. The summed E-state index contributed by atoms with van der Waals surface area (Å²) in [5, 5.41) is 3.60. The Labute approximate surface area is 129 Å². The van der Waals surface area contributed by atoms with Gasteiger partial charge in [0.1, 0.15) is 5.75 Å². The monoisotopic (exact) mass is 287 g/mol. The summed E-state index contributed by atoms with van der Waals surface area (Å²) in [6.07, 6.45) is 9.18. The van der Waals surface area contributed by atoms with E-state index in [1.54, 1.807) is 0 Å². The van der Waals surface area contributed by atoms with Gasteiger partial charge in [-0.15, -0.1) is 0 Å². The second kappa shape index (κ2) is 6.83. The molecule has 0 bridgehead atoms. The largest absolute Gasteiger partial charge is 0.493 e. The Morgan fingerprint density at radius 3 is 3.00 bits per heavy atom. The molecule has 0 spiro atoms. The average molecular weight is 287 g/mol. The van der Waals surface area contributed by atoms with Crippen molar-refractivity contribution >= 4 is 0 Å². The molecule has 1 fully saturated rings. The minimum absolute atomic E-state index is 0.451. The molecular weight excluding hydrogens is 258 g/mol. The lowest BCUT2D eigenvalue weighted by atomic mass is 9.75. The van der Waals surface area contributed by atoms with Gasteiger partial charge in [0.15, 0.2) is 0 Å². The maximum atomic E-state index is 6.04. The third-order valence-electron chi connectivity index (χ3n) is 5.48. The van der Waals surface area contributed by atoms with E-state index in [0.29, 0.717) is 6.04 Å². The molecule has 1 N–H and O–H groups in total. The van der Waals surface area contributed by atoms with Crippen molar-refractivity contribution in [1.29, 1.82) is 0 Å². The molecule has 1 aliphatic heterocycles. The number of nitrogens with one attached hydrogen (secondary N) is 1. The van der Waals surface area contributed by atoms with Crippen molar-refractivity contribution in [2.75, 3.05) is 13.7 Å². The van der Waals surface area contributed by atoms with E-state index in [1.165, 1.54) is 55.4 Å². The van der Waals surface area contributed by atoms with Crippen LogP contribution in [0.2, 0.25) is 0 Å². The molecule has 1 aromatic carbocycles. The number of ether oxygens (including phenoxy) is 1. The predicted molar refractivity (Wildman–Crippen MR) is 87.8 cm³/mol. The van der Waals surface area contributed by atoms with Gasteiger partial charge in [-0.1, -0.05) is 44.4 Å². The molecule has 3 unspecified atom stereocenters. The van der Waals surface area contributed by atoms with Crippen LogP contribution >= 0.6 is 0 Å². The number of benzene rings is 1. The van der Waals surface area contributed by atoms with E-state index in [1.807, 2.05) is 0 Å². The standard InChI is InChI=1S/C19H29NO/c1-3-14-7-4-9-16(13-14)18(20-2)17-11-5-8-15-10-6-12-21-19(15)17/h5,8,11,14,16,18,20H,3-4,6-7,9-10,12-13H2,1-2H3. The lowest BCUT2D eigenvalue weighted by Crippen LogP contribution is -2.30. The van der Waals surface area contributed by atoms with Crippen molar-refractivity contribution in [1.82, 2.24) is 5.32 Å². The number of aryl methyl sites for hydroxylation is 1. The normalized spacial score (nSPS) is 26.8. The second-order valence-electron chi connectivity index (χ2n) is 6.75. The molecule has 0 aromatic heterocycles. The molecule has 1 aromatic rings. The van der Waals surface area contributed by atoms with Crippen LogP contribution in [0.5, 0.6) is 5.75 Å². The molecule has 3 rings (SSSR count). The maximum absolute atomic E-state index is 6.04. The molecule has 1 saturated carbocycles. The minimum Gasteiger partial charge on any atom is -0.493 e. The lowest BCUT2D eigenvalue weighted by molar-refractivity contribution is 0.208. The van der Waals surface area contributed by atoms with E-state index in [-0.39, 0.29) is 0 Å². The number of para-hydroxylation sites is 1. The van der Waals surface area contributed by atoms with E-state index < -0.39 is 0 Å². The third-order valence-corrected chi connectivity index (χ3v) is 5.48.